The molecule has 0 atom stereocenters. The maximum atomic E-state index is 14.3. The van der Waals surface area contributed by atoms with Crippen LogP contribution in [0, 0.1) is 0 Å². The number of hydrogen-bond acceptors (Lipinski definition) is 6. The molecule has 182 valence electrons. The first kappa shape index (κ1) is 23.9. The van der Waals surface area contributed by atoms with E-state index in [9.17, 15) is 4.79 Å². The summed E-state index contributed by atoms with van der Waals surface area (Å²) < 4.78 is 6.51. The number of nitrogens with zero attached hydrogens (tertiary/aromatic N) is 4. The second-order valence-corrected chi connectivity index (χ2v) is 9.86. The van der Waals surface area contributed by atoms with Gasteiger partial charge >= 0.3 is 0 Å². The largest absolute Gasteiger partial charge is 0.494 e. The minimum absolute atomic E-state index is 0.0810. The molecule has 7 heteroatoms. The Kier molecular flexibility index (Phi) is 6.93. The van der Waals surface area contributed by atoms with Crippen molar-refractivity contribution in [3.63, 3.8) is 0 Å². The Labute approximate surface area is 214 Å². The summed E-state index contributed by atoms with van der Waals surface area (Å²) in [5, 5.41) is 1.50. The van der Waals surface area contributed by atoms with E-state index in [0.717, 1.165) is 45.3 Å². The fraction of sp³-hybridized carbons (Fsp3) is 0.207. The zero-order valence-corrected chi connectivity index (χ0v) is 21.5. The van der Waals surface area contributed by atoms with Gasteiger partial charge in [0, 0.05) is 17.5 Å². The molecule has 6 nitrogen and oxygen atoms in total. The van der Waals surface area contributed by atoms with Gasteiger partial charge in [0.25, 0.3) is 5.91 Å². The van der Waals surface area contributed by atoms with Gasteiger partial charge in [-0.2, -0.15) is 0 Å². The molecule has 0 N–H and O–H groups in total. The third-order valence-corrected chi connectivity index (χ3v) is 7.11. The lowest BCUT2D eigenvalue weighted by atomic mass is 10.0. The van der Waals surface area contributed by atoms with Gasteiger partial charge in [-0.15, -0.1) is 0 Å². The van der Waals surface area contributed by atoms with Crippen LogP contribution in [-0.2, 0) is 0 Å². The van der Waals surface area contributed by atoms with Crippen molar-refractivity contribution >= 4 is 43.5 Å². The number of carbonyl (C=O) groups excluding carboxylic acids is 1. The molecule has 2 aromatic heterocycles. The quantitative estimate of drug-likeness (QED) is 0.259. The predicted octanol–water partition coefficient (Wildman–Crippen LogP) is 6.12. The highest BCUT2D eigenvalue weighted by Crippen LogP contribution is 2.35. The average Bonchev–Trinajstić information content (AvgIpc) is 3.34. The van der Waals surface area contributed by atoms with Crippen LogP contribution in [0.25, 0.3) is 32.4 Å². The van der Waals surface area contributed by atoms with Gasteiger partial charge in [-0.25, -0.2) is 9.97 Å². The van der Waals surface area contributed by atoms with E-state index in [-0.39, 0.29) is 5.91 Å². The van der Waals surface area contributed by atoms with Crippen LogP contribution in [0.5, 0.6) is 5.75 Å². The highest BCUT2D eigenvalue weighted by atomic mass is 32.1. The molecule has 3 aromatic carbocycles. The number of thiazole rings is 1. The van der Waals surface area contributed by atoms with Crippen molar-refractivity contribution in [3.05, 3.63) is 84.4 Å². The smallest absolute Gasteiger partial charge is 0.260 e. The summed E-state index contributed by atoms with van der Waals surface area (Å²) in [6, 6.07) is 25.5. The maximum Gasteiger partial charge on any atom is 0.260 e. The molecule has 5 rings (SSSR count). The molecule has 0 unspecified atom stereocenters. The Bertz CT molecular complexity index is 1510. The van der Waals surface area contributed by atoms with E-state index in [0.29, 0.717) is 23.0 Å². The van der Waals surface area contributed by atoms with Gasteiger partial charge in [-0.3, -0.25) is 9.69 Å². The number of benzene rings is 3. The van der Waals surface area contributed by atoms with Gasteiger partial charge in [-0.1, -0.05) is 65.9 Å². The number of hydrogen-bond donors (Lipinski definition) is 0. The van der Waals surface area contributed by atoms with E-state index in [1.54, 1.807) is 7.11 Å². The van der Waals surface area contributed by atoms with Crippen LogP contribution < -0.4 is 9.64 Å². The maximum absolute atomic E-state index is 14.3. The minimum Gasteiger partial charge on any atom is -0.494 e. The van der Waals surface area contributed by atoms with Crippen molar-refractivity contribution in [1.82, 2.24) is 14.9 Å². The number of para-hydroxylation sites is 2. The second kappa shape index (κ2) is 10.4. The van der Waals surface area contributed by atoms with Crippen LogP contribution in [0.2, 0.25) is 0 Å². The number of carbonyl (C=O) groups is 1. The summed E-state index contributed by atoms with van der Waals surface area (Å²) in [5.74, 6) is 0.624. The van der Waals surface area contributed by atoms with Crippen molar-refractivity contribution in [2.75, 3.05) is 39.2 Å². The number of rotatable bonds is 8. The lowest BCUT2D eigenvalue weighted by Gasteiger charge is -2.22. The van der Waals surface area contributed by atoms with Gasteiger partial charge in [0.15, 0.2) is 5.13 Å². The van der Waals surface area contributed by atoms with Crippen molar-refractivity contribution in [2.24, 2.45) is 0 Å². The molecule has 0 aliphatic carbocycles. The first-order valence-electron chi connectivity index (χ1n) is 11.9. The molecule has 36 heavy (non-hydrogen) atoms. The van der Waals surface area contributed by atoms with E-state index in [2.05, 4.69) is 4.90 Å². The van der Waals surface area contributed by atoms with E-state index < -0.39 is 0 Å². The number of anilines is 1. The Morgan fingerprint density at radius 1 is 0.917 bits per heavy atom. The average molecular weight is 497 g/mol. The summed E-state index contributed by atoms with van der Waals surface area (Å²) in [5.41, 5.74) is 3.94. The molecule has 0 spiro atoms. The van der Waals surface area contributed by atoms with Crippen LogP contribution in [-0.4, -0.2) is 55.1 Å². The molecule has 0 aliphatic rings. The molecular formula is C29H28N4O2S. The van der Waals surface area contributed by atoms with Crippen LogP contribution in [0.1, 0.15) is 16.8 Å². The zero-order chi connectivity index (χ0) is 25.1. The van der Waals surface area contributed by atoms with E-state index in [1.807, 2.05) is 97.9 Å². The Balaban J connectivity index is 1.63. The van der Waals surface area contributed by atoms with Crippen LogP contribution in [0.4, 0.5) is 5.13 Å². The van der Waals surface area contributed by atoms with E-state index >= 15 is 0 Å². The second-order valence-electron chi connectivity index (χ2n) is 8.86. The molecule has 0 radical (unpaired) electrons. The highest BCUT2D eigenvalue weighted by molar-refractivity contribution is 7.22. The summed E-state index contributed by atoms with van der Waals surface area (Å²) >= 11 is 1.51. The topological polar surface area (TPSA) is 58.6 Å². The van der Waals surface area contributed by atoms with Crippen molar-refractivity contribution in [1.29, 1.82) is 0 Å². The number of fused-ring (bicyclic) bond motifs is 2. The molecular weight excluding hydrogens is 468 g/mol. The number of ether oxygens (including phenoxy) is 1. The number of aromatic nitrogens is 2. The van der Waals surface area contributed by atoms with Gasteiger partial charge in [0.05, 0.1) is 28.6 Å². The first-order valence-corrected chi connectivity index (χ1v) is 12.7. The molecule has 0 saturated carbocycles. The summed E-state index contributed by atoms with van der Waals surface area (Å²) in [6.07, 6.45) is 0.820. The lowest BCUT2D eigenvalue weighted by molar-refractivity contribution is 0.0987. The third-order valence-electron chi connectivity index (χ3n) is 6.07. The van der Waals surface area contributed by atoms with Gasteiger partial charge < -0.3 is 9.64 Å². The zero-order valence-electron chi connectivity index (χ0n) is 20.6. The SMILES string of the molecule is COc1cccc2sc(N(CCCN(C)C)C(=O)c3cc(-c4ccccc4)nc4ccccc34)nc12. The summed E-state index contributed by atoms with van der Waals surface area (Å²) in [6.45, 7) is 1.42. The van der Waals surface area contributed by atoms with Crippen LogP contribution in [0.3, 0.4) is 0 Å². The molecule has 5 aromatic rings. The molecule has 0 bridgehead atoms. The summed E-state index contributed by atoms with van der Waals surface area (Å²) in [4.78, 5) is 27.9. The van der Waals surface area contributed by atoms with Crippen molar-refractivity contribution in [2.45, 2.75) is 6.42 Å². The predicted molar refractivity (Wildman–Crippen MR) is 148 cm³/mol. The standard InChI is InChI=1S/C29H28N4O2S/c1-32(2)17-10-18-33(29-31-27-25(35-3)15-9-16-26(27)36-29)28(34)22-19-24(20-11-5-4-6-12-20)30-23-14-8-7-13-21(22)23/h4-9,11-16,19H,10,17-18H2,1-3H3. The molecule has 0 fully saturated rings. The van der Waals surface area contributed by atoms with Crippen LogP contribution >= 0.6 is 11.3 Å². The van der Waals surface area contributed by atoms with Gasteiger partial charge in [0.2, 0.25) is 0 Å². The fourth-order valence-electron chi connectivity index (χ4n) is 4.28. The highest BCUT2D eigenvalue weighted by Gasteiger charge is 2.24. The Hall–Kier alpha value is -3.81. The van der Waals surface area contributed by atoms with Crippen molar-refractivity contribution < 1.29 is 9.53 Å². The minimum atomic E-state index is -0.0810. The van der Waals surface area contributed by atoms with E-state index in [4.69, 9.17) is 14.7 Å². The number of pyridine rings is 1. The Morgan fingerprint density at radius 2 is 1.69 bits per heavy atom. The monoisotopic (exact) mass is 496 g/mol. The number of methoxy groups -OCH3 is 1. The normalized spacial score (nSPS) is 11.3. The first-order chi connectivity index (χ1) is 17.5. The molecule has 2 heterocycles. The third kappa shape index (κ3) is 4.80. The van der Waals surface area contributed by atoms with E-state index in [1.165, 1.54) is 11.3 Å². The van der Waals surface area contributed by atoms with Gasteiger partial charge in [0.1, 0.15) is 11.3 Å². The molecule has 0 aliphatic heterocycles. The van der Waals surface area contributed by atoms with Gasteiger partial charge in [-0.05, 0) is 51.3 Å². The van der Waals surface area contributed by atoms with Crippen LogP contribution in [0.15, 0.2) is 78.9 Å². The lowest BCUT2D eigenvalue weighted by Crippen LogP contribution is -2.33. The summed E-state index contributed by atoms with van der Waals surface area (Å²) in [7, 11) is 5.72. The Morgan fingerprint density at radius 3 is 2.47 bits per heavy atom. The fourth-order valence-corrected chi connectivity index (χ4v) is 5.28. The molecule has 0 saturated heterocycles. The number of amides is 1. The molecule has 1 amide bonds. The van der Waals surface area contributed by atoms with Crippen molar-refractivity contribution in [3.8, 4) is 17.0 Å².